The van der Waals surface area contributed by atoms with Crippen LogP contribution in [0, 0.1) is 5.92 Å². The second-order valence-electron chi connectivity index (χ2n) is 6.65. The standard InChI is InChI=1S/C19H28N2O4/c1-13(2)17(19(23)21-10-6-5-7-11-21)20-18(22)14-8-9-15(24-3)16(12-14)25-4/h8-9,12-13,17H,5-7,10-11H2,1-4H3,(H,20,22)/t17-/m0/s1. The van der Waals surface area contributed by atoms with Gasteiger partial charge in [-0.25, -0.2) is 0 Å². The molecule has 0 bridgehead atoms. The second-order valence-corrected chi connectivity index (χ2v) is 6.65. The molecule has 6 heteroatoms. The van der Waals surface area contributed by atoms with Crippen LogP contribution in [0.1, 0.15) is 43.5 Å². The number of amides is 2. The molecule has 1 aromatic carbocycles. The molecule has 0 radical (unpaired) electrons. The number of carbonyl (C=O) groups excluding carboxylic acids is 2. The highest BCUT2D eigenvalue weighted by Gasteiger charge is 2.29. The number of nitrogens with one attached hydrogen (secondary N) is 1. The van der Waals surface area contributed by atoms with E-state index in [1.165, 1.54) is 7.11 Å². The average molecular weight is 348 g/mol. The summed E-state index contributed by atoms with van der Waals surface area (Å²) in [5.41, 5.74) is 0.440. The van der Waals surface area contributed by atoms with Crippen molar-refractivity contribution in [1.29, 1.82) is 0 Å². The van der Waals surface area contributed by atoms with E-state index in [9.17, 15) is 9.59 Å². The molecule has 1 saturated heterocycles. The van der Waals surface area contributed by atoms with Crippen molar-refractivity contribution in [2.45, 2.75) is 39.2 Å². The van der Waals surface area contributed by atoms with Gasteiger partial charge >= 0.3 is 0 Å². The maximum atomic E-state index is 12.8. The number of hydrogen-bond donors (Lipinski definition) is 1. The zero-order valence-corrected chi connectivity index (χ0v) is 15.5. The van der Waals surface area contributed by atoms with Gasteiger partial charge in [0.1, 0.15) is 6.04 Å². The number of methoxy groups -OCH3 is 2. The van der Waals surface area contributed by atoms with Crippen LogP contribution in [0.15, 0.2) is 18.2 Å². The number of carbonyl (C=O) groups is 2. The Balaban J connectivity index is 2.13. The number of piperidine rings is 1. The topological polar surface area (TPSA) is 67.9 Å². The maximum absolute atomic E-state index is 12.8. The van der Waals surface area contributed by atoms with E-state index in [0.29, 0.717) is 17.1 Å². The van der Waals surface area contributed by atoms with Crippen LogP contribution in [0.2, 0.25) is 0 Å². The first-order valence-electron chi connectivity index (χ1n) is 8.79. The molecule has 2 rings (SSSR count). The van der Waals surface area contributed by atoms with E-state index < -0.39 is 6.04 Å². The summed E-state index contributed by atoms with van der Waals surface area (Å²) in [7, 11) is 3.07. The average Bonchev–Trinajstić information content (AvgIpc) is 2.65. The number of benzene rings is 1. The molecule has 0 saturated carbocycles. The van der Waals surface area contributed by atoms with Crippen molar-refractivity contribution < 1.29 is 19.1 Å². The van der Waals surface area contributed by atoms with E-state index in [0.717, 1.165) is 32.4 Å². The van der Waals surface area contributed by atoms with Crippen LogP contribution >= 0.6 is 0 Å². The molecular weight excluding hydrogens is 320 g/mol. The largest absolute Gasteiger partial charge is 0.493 e. The predicted octanol–water partition coefficient (Wildman–Crippen LogP) is 2.47. The molecule has 1 aromatic rings. The fourth-order valence-electron chi connectivity index (χ4n) is 3.03. The second kappa shape index (κ2) is 8.74. The lowest BCUT2D eigenvalue weighted by Crippen LogP contribution is -2.52. The van der Waals surface area contributed by atoms with E-state index >= 15 is 0 Å². The third kappa shape index (κ3) is 4.65. The molecular formula is C19H28N2O4. The van der Waals surface area contributed by atoms with Crippen LogP contribution < -0.4 is 14.8 Å². The van der Waals surface area contributed by atoms with Crippen molar-refractivity contribution in [1.82, 2.24) is 10.2 Å². The summed E-state index contributed by atoms with van der Waals surface area (Å²) in [6.45, 7) is 5.44. The summed E-state index contributed by atoms with van der Waals surface area (Å²) < 4.78 is 10.4. The molecule has 0 unspecified atom stereocenters. The van der Waals surface area contributed by atoms with Gasteiger partial charge in [-0.05, 0) is 43.4 Å². The SMILES string of the molecule is COc1ccc(C(=O)N[C@H](C(=O)N2CCCCC2)C(C)C)cc1OC. The highest BCUT2D eigenvalue weighted by Crippen LogP contribution is 2.27. The number of rotatable bonds is 6. The Kier molecular flexibility index (Phi) is 6.67. The van der Waals surface area contributed by atoms with Crippen LogP contribution in [-0.2, 0) is 4.79 Å². The lowest BCUT2D eigenvalue weighted by molar-refractivity contribution is -0.135. The Labute approximate surface area is 149 Å². The molecule has 1 atom stereocenters. The molecule has 1 fully saturated rings. The van der Waals surface area contributed by atoms with Crippen molar-refractivity contribution in [2.75, 3.05) is 27.3 Å². The van der Waals surface area contributed by atoms with E-state index in [-0.39, 0.29) is 17.7 Å². The van der Waals surface area contributed by atoms with Crippen LogP contribution in [0.4, 0.5) is 0 Å². The van der Waals surface area contributed by atoms with Gasteiger partial charge in [0, 0.05) is 18.7 Å². The maximum Gasteiger partial charge on any atom is 0.252 e. The third-order valence-electron chi connectivity index (χ3n) is 4.53. The van der Waals surface area contributed by atoms with E-state index in [4.69, 9.17) is 9.47 Å². The van der Waals surface area contributed by atoms with Crippen LogP contribution in [0.3, 0.4) is 0 Å². The van der Waals surface area contributed by atoms with Crippen molar-refractivity contribution in [3.05, 3.63) is 23.8 Å². The summed E-state index contributed by atoms with van der Waals surface area (Å²) in [6.07, 6.45) is 3.22. The number of likely N-dealkylation sites (tertiary alicyclic amines) is 1. The first-order chi connectivity index (χ1) is 12.0. The zero-order valence-electron chi connectivity index (χ0n) is 15.5. The smallest absolute Gasteiger partial charge is 0.252 e. The molecule has 1 heterocycles. The highest BCUT2D eigenvalue weighted by molar-refractivity contribution is 5.98. The Morgan fingerprint density at radius 3 is 2.24 bits per heavy atom. The number of ether oxygens (including phenoxy) is 2. The Morgan fingerprint density at radius 2 is 1.68 bits per heavy atom. The summed E-state index contributed by atoms with van der Waals surface area (Å²) in [6, 6.07) is 4.44. The van der Waals surface area contributed by atoms with E-state index in [1.807, 2.05) is 18.7 Å². The summed E-state index contributed by atoms with van der Waals surface area (Å²) in [4.78, 5) is 27.3. The predicted molar refractivity (Wildman–Crippen MR) is 96.1 cm³/mol. The van der Waals surface area contributed by atoms with Crippen LogP contribution in [0.25, 0.3) is 0 Å². The lowest BCUT2D eigenvalue weighted by atomic mass is 10.0. The van der Waals surface area contributed by atoms with Gasteiger partial charge in [0.05, 0.1) is 14.2 Å². The van der Waals surface area contributed by atoms with E-state index in [1.54, 1.807) is 25.3 Å². The molecule has 25 heavy (non-hydrogen) atoms. The lowest BCUT2D eigenvalue weighted by Gasteiger charge is -2.32. The Hall–Kier alpha value is -2.24. The van der Waals surface area contributed by atoms with Crippen molar-refractivity contribution in [3.8, 4) is 11.5 Å². The van der Waals surface area contributed by atoms with Gasteiger partial charge in [0.25, 0.3) is 5.91 Å². The van der Waals surface area contributed by atoms with Crippen molar-refractivity contribution >= 4 is 11.8 Å². The molecule has 1 aliphatic rings. The third-order valence-corrected chi connectivity index (χ3v) is 4.53. The summed E-state index contributed by atoms with van der Waals surface area (Å²) in [5.74, 6) is 0.773. The first kappa shape index (κ1) is 19.1. The molecule has 6 nitrogen and oxygen atoms in total. The monoisotopic (exact) mass is 348 g/mol. The van der Waals surface area contributed by atoms with Gasteiger partial charge < -0.3 is 19.7 Å². The van der Waals surface area contributed by atoms with Gasteiger partial charge in [-0.2, -0.15) is 0 Å². The summed E-state index contributed by atoms with van der Waals surface area (Å²) >= 11 is 0. The fraction of sp³-hybridized carbons (Fsp3) is 0.579. The van der Waals surface area contributed by atoms with Crippen molar-refractivity contribution in [2.24, 2.45) is 5.92 Å². The Morgan fingerprint density at radius 1 is 1.04 bits per heavy atom. The van der Waals surface area contributed by atoms with Gasteiger partial charge in [0.2, 0.25) is 5.91 Å². The number of hydrogen-bond acceptors (Lipinski definition) is 4. The van der Waals surface area contributed by atoms with Crippen LogP contribution in [-0.4, -0.2) is 50.1 Å². The molecule has 0 aliphatic carbocycles. The molecule has 138 valence electrons. The first-order valence-corrected chi connectivity index (χ1v) is 8.79. The normalized spacial score (nSPS) is 15.6. The minimum absolute atomic E-state index is 0.00327. The molecule has 1 aliphatic heterocycles. The van der Waals surface area contributed by atoms with Crippen molar-refractivity contribution in [3.63, 3.8) is 0 Å². The number of nitrogens with zero attached hydrogens (tertiary/aromatic N) is 1. The van der Waals surface area contributed by atoms with Gasteiger partial charge in [0.15, 0.2) is 11.5 Å². The molecule has 0 aromatic heterocycles. The van der Waals surface area contributed by atoms with Gasteiger partial charge in [-0.3, -0.25) is 9.59 Å². The molecule has 1 N–H and O–H groups in total. The molecule has 2 amide bonds. The fourth-order valence-corrected chi connectivity index (χ4v) is 3.03. The highest BCUT2D eigenvalue weighted by atomic mass is 16.5. The summed E-state index contributed by atoms with van der Waals surface area (Å²) in [5, 5.41) is 2.89. The minimum atomic E-state index is -0.529. The van der Waals surface area contributed by atoms with Crippen LogP contribution in [0.5, 0.6) is 11.5 Å². The van der Waals surface area contributed by atoms with E-state index in [2.05, 4.69) is 5.32 Å². The quantitative estimate of drug-likeness (QED) is 0.857. The Bertz CT molecular complexity index is 609. The minimum Gasteiger partial charge on any atom is -0.493 e. The van der Waals surface area contributed by atoms with Gasteiger partial charge in [-0.1, -0.05) is 13.8 Å². The van der Waals surface area contributed by atoms with Gasteiger partial charge in [-0.15, -0.1) is 0 Å². The zero-order chi connectivity index (χ0) is 18.4. The molecule has 0 spiro atoms.